The Kier molecular flexibility index (Phi) is 4.13. The van der Waals surface area contributed by atoms with Crippen molar-refractivity contribution in [3.8, 4) is 16.9 Å². The average Bonchev–Trinajstić information content (AvgIpc) is 2.41. The van der Waals surface area contributed by atoms with Gasteiger partial charge in [0.15, 0.2) is 0 Å². The largest absolute Gasteiger partial charge is 0.428 e. The van der Waals surface area contributed by atoms with Crippen LogP contribution in [0.2, 0.25) is 0 Å². The van der Waals surface area contributed by atoms with Crippen molar-refractivity contribution >= 4 is 6.47 Å². The lowest BCUT2D eigenvalue weighted by Crippen LogP contribution is -1.91. The van der Waals surface area contributed by atoms with Crippen LogP contribution in [0.15, 0.2) is 48.5 Å². The monoisotopic (exact) mass is 240 g/mol. The van der Waals surface area contributed by atoms with E-state index in [0.29, 0.717) is 12.2 Å². The molecule has 0 atom stereocenters. The molecule has 0 radical (unpaired) electrons. The summed E-state index contributed by atoms with van der Waals surface area (Å²) in [6.07, 6.45) is 2.23. The number of carbonyl (C=O) groups is 1. The molecule has 0 spiro atoms. The number of para-hydroxylation sites is 1. The van der Waals surface area contributed by atoms with E-state index in [9.17, 15) is 4.79 Å². The second-order valence-electron chi connectivity index (χ2n) is 4.16. The van der Waals surface area contributed by atoms with Crippen LogP contribution >= 0.6 is 0 Å². The lowest BCUT2D eigenvalue weighted by atomic mass is 10.0. The Morgan fingerprint density at radius 1 is 1.06 bits per heavy atom. The Labute approximate surface area is 107 Å². The van der Waals surface area contributed by atoms with Crippen LogP contribution in [0.25, 0.3) is 11.1 Å². The zero-order chi connectivity index (χ0) is 12.8. The summed E-state index contributed by atoms with van der Waals surface area (Å²) in [5, 5.41) is 0. The average molecular weight is 240 g/mol. The first kappa shape index (κ1) is 12.4. The van der Waals surface area contributed by atoms with Crippen molar-refractivity contribution in [2.45, 2.75) is 19.8 Å². The van der Waals surface area contributed by atoms with Crippen molar-refractivity contribution in [3.05, 3.63) is 54.1 Å². The van der Waals surface area contributed by atoms with Crippen LogP contribution in [-0.4, -0.2) is 6.47 Å². The quantitative estimate of drug-likeness (QED) is 0.742. The minimum Gasteiger partial charge on any atom is -0.428 e. The van der Waals surface area contributed by atoms with Crippen molar-refractivity contribution < 1.29 is 9.53 Å². The van der Waals surface area contributed by atoms with E-state index >= 15 is 0 Å². The summed E-state index contributed by atoms with van der Waals surface area (Å²) in [7, 11) is 0. The van der Waals surface area contributed by atoms with Crippen molar-refractivity contribution in [1.29, 1.82) is 0 Å². The first-order chi connectivity index (χ1) is 8.85. The third-order valence-electron chi connectivity index (χ3n) is 2.87. The van der Waals surface area contributed by atoms with Gasteiger partial charge in [0.05, 0.1) is 0 Å². The van der Waals surface area contributed by atoms with Gasteiger partial charge in [0.2, 0.25) is 0 Å². The number of aryl methyl sites for hydroxylation is 1. The molecular formula is C16H16O2. The lowest BCUT2D eigenvalue weighted by Gasteiger charge is -2.08. The molecule has 0 aliphatic carbocycles. The van der Waals surface area contributed by atoms with Gasteiger partial charge in [-0.1, -0.05) is 55.8 Å². The number of hydrogen-bond donors (Lipinski definition) is 0. The molecule has 2 aromatic carbocycles. The molecule has 92 valence electrons. The molecule has 0 unspecified atom stereocenters. The third-order valence-corrected chi connectivity index (χ3v) is 2.87. The summed E-state index contributed by atoms with van der Waals surface area (Å²) >= 11 is 0. The number of benzene rings is 2. The standard InChI is InChI=1S/C16H16O2/c1-2-5-13-8-10-14(11-9-13)15-6-3-4-7-16(15)18-12-17/h3-4,6-12H,2,5H2,1H3. The first-order valence-electron chi connectivity index (χ1n) is 6.13. The molecule has 2 heteroatoms. The molecule has 18 heavy (non-hydrogen) atoms. The molecule has 0 aliphatic rings. The van der Waals surface area contributed by atoms with Crippen LogP contribution in [0, 0.1) is 0 Å². The fourth-order valence-electron chi connectivity index (χ4n) is 2.00. The van der Waals surface area contributed by atoms with E-state index < -0.39 is 0 Å². The van der Waals surface area contributed by atoms with Gasteiger partial charge in [-0.25, -0.2) is 0 Å². The summed E-state index contributed by atoms with van der Waals surface area (Å²) < 4.78 is 4.99. The Morgan fingerprint density at radius 2 is 1.78 bits per heavy atom. The Balaban J connectivity index is 2.33. The fourth-order valence-corrected chi connectivity index (χ4v) is 2.00. The molecule has 2 nitrogen and oxygen atoms in total. The second kappa shape index (κ2) is 6.01. The number of carbonyl (C=O) groups excluding carboxylic acids is 1. The van der Waals surface area contributed by atoms with E-state index in [2.05, 4.69) is 31.2 Å². The highest BCUT2D eigenvalue weighted by atomic mass is 16.5. The molecule has 0 heterocycles. The Bertz CT molecular complexity index is 515. The Hall–Kier alpha value is -2.09. The van der Waals surface area contributed by atoms with Crippen molar-refractivity contribution in [3.63, 3.8) is 0 Å². The van der Waals surface area contributed by atoms with Crippen LogP contribution < -0.4 is 4.74 Å². The molecule has 2 aromatic rings. The summed E-state index contributed by atoms with van der Waals surface area (Å²) in [5.41, 5.74) is 3.33. The Morgan fingerprint density at radius 3 is 2.44 bits per heavy atom. The SMILES string of the molecule is CCCc1ccc(-c2ccccc2OC=O)cc1. The molecular weight excluding hydrogens is 224 g/mol. The van der Waals surface area contributed by atoms with E-state index in [1.807, 2.05) is 18.2 Å². The third kappa shape index (κ3) is 2.77. The van der Waals surface area contributed by atoms with Crippen LogP contribution in [0.5, 0.6) is 5.75 Å². The smallest absolute Gasteiger partial charge is 0.298 e. The van der Waals surface area contributed by atoms with Crippen molar-refractivity contribution in [1.82, 2.24) is 0 Å². The highest BCUT2D eigenvalue weighted by molar-refractivity contribution is 5.72. The lowest BCUT2D eigenvalue weighted by molar-refractivity contribution is -0.120. The van der Waals surface area contributed by atoms with E-state index in [0.717, 1.165) is 24.0 Å². The van der Waals surface area contributed by atoms with Gasteiger partial charge in [-0.3, -0.25) is 4.79 Å². The van der Waals surface area contributed by atoms with E-state index in [-0.39, 0.29) is 0 Å². The van der Waals surface area contributed by atoms with Crippen LogP contribution in [0.3, 0.4) is 0 Å². The topological polar surface area (TPSA) is 26.3 Å². The van der Waals surface area contributed by atoms with E-state index in [1.165, 1.54) is 5.56 Å². The molecule has 0 aromatic heterocycles. The predicted molar refractivity (Wildman–Crippen MR) is 72.6 cm³/mol. The van der Waals surface area contributed by atoms with Gasteiger partial charge in [0.1, 0.15) is 5.75 Å². The van der Waals surface area contributed by atoms with Gasteiger partial charge in [-0.15, -0.1) is 0 Å². The number of ether oxygens (including phenoxy) is 1. The molecule has 2 rings (SSSR count). The van der Waals surface area contributed by atoms with Gasteiger partial charge >= 0.3 is 0 Å². The highest BCUT2D eigenvalue weighted by Crippen LogP contribution is 2.29. The maximum atomic E-state index is 10.5. The van der Waals surface area contributed by atoms with Crippen molar-refractivity contribution in [2.75, 3.05) is 0 Å². The molecule has 0 aliphatic heterocycles. The van der Waals surface area contributed by atoms with Crippen LogP contribution in [0.4, 0.5) is 0 Å². The van der Waals surface area contributed by atoms with Gasteiger partial charge in [-0.2, -0.15) is 0 Å². The summed E-state index contributed by atoms with van der Waals surface area (Å²) in [6, 6.07) is 15.9. The maximum Gasteiger partial charge on any atom is 0.298 e. The maximum absolute atomic E-state index is 10.5. The molecule has 0 bridgehead atoms. The van der Waals surface area contributed by atoms with Gasteiger partial charge < -0.3 is 4.74 Å². The van der Waals surface area contributed by atoms with Gasteiger partial charge in [0, 0.05) is 5.56 Å². The minimum absolute atomic E-state index is 0.463. The zero-order valence-electron chi connectivity index (χ0n) is 10.4. The van der Waals surface area contributed by atoms with Crippen LogP contribution in [0.1, 0.15) is 18.9 Å². The normalized spacial score (nSPS) is 10.1. The molecule has 0 N–H and O–H groups in total. The number of hydrogen-bond acceptors (Lipinski definition) is 2. The molecule has 0 saturated heterocycles. The van der Waals surface area contributed by atoms with Gasteiger partial charge in [-0.05, 0) is 23.6 Å². The zero-order valence-corrected chi connectivity index (χ0v) is 10.4. The fraction of sp³-hybridized carbons (Fsp3) is 0.188. The van der Waals surface area contributed by atoms with Crippen molar-refractivity contribution in [2.24, 2.45) is 0 Å². The van der Waals surface area contributed by atoms with E-state index in [4.69, 9.17) is 4.74 Å². The predicted octanol–water partition coefficient (Wildman–Crippen LogP) is 3.84. The molecule has 0 saturated carbocycles. The van der Waals surface area contributed by atoms with E-state index in [1.54, 1.807) is 6.07 Å². The van der Waals surface area contributed by atoms with Crippen LogP contribution in [-0.2, 0) is 11.2 Å². The first-order valence-corrected chi connectivity index (χ1v) is 6.13. The van der Waals surface area contributed by atoms with Gasteiger partial charge in [0.25, 0.3) is 6.47 Å². The second-order valence-corrected chi connectivity index (χ2v) is 4.16. The summed E-state index contributed by atoms with van der Waals surface area (Å²) in [4.78, 5) is 10.5. The number of rotatable bonds is 5. The minimum atomic E-state index is 0.463. The molecule has 0 fully saturated rings. The molecule has 0 amide bonds. The summed E-state index contributed by atoms with van der Waals surface area (Å²) in [5.74, 6) is 0.593. The highest BCUT2D eigenvalue weighted by Gasteiger charge is 2.05. The summed E-state index contributed by atoms with van der Waals surface area (Å²) in [6.45, 7) is 2.63.